The number of hydrogen-bond acceptors (Lipinski definition) is 4. The molecule has 1 atom stereocenters. The molecule has 3 N–H and O–H groups in total. The van der Waals surface area contributed by atoms with Crippen LogP contribution in [-0.4, -0.2) is 64.5 Å². The Morgan fingerprint density at radius 2 is 1.81 bits per heavy atom. The quantitative estimate of drug-likeness (QED) is 0.333. The highest BCUT2D eigenvalue weighted by Gasteiger charge is 2.31. The molecule has 1 heterocycles. The van der Waals surface area contributed by atoms with Crippen LogP contribution in [0.2, 0.25) is 0 Å². The van der Waals surface area contributed by atoms with Gasteiger partial charge >= 0.3 is 0 Å². The van der Waals surface area contributed by atoms with Crippen molar-refractivity contribution in [3.8, 4) is 0 Å². The Balaban J connectivity index is 1.39. The topological polar surface area (TPSA) is 103 Å². The summed E-state index contributed by atoms with van der Waals surface area (Å²) in [5, 5.41) is 6.50. The van der Waals surface area contributed by atoms with Gasteiger partial charge in [-0.15, -0.1) is 0 Å². The summed E-state index contributed by atoms with van der Waals surface area (Å²) in [7, 11) is -1.84. The Kier molecular flexibility index (Phi) is 8.31. The Bertz CT molecular complexity index is 864. The van der Waals surface area contributed by atoms with Crippen LogP contribution in [0.3, 0.4) is 0 Å². The highest BCUT2D eigenvalue weighted by molar-refractivity contribution is 7.89. The van der Waals surface area contributed by atoms with Crippen molar-refractivity contribution in [2.75, 3.05) is 33.2 Å². The maximum Gasteiger partial charge on any atom is 0.240 e. The number of likely N-dealkylation sites (tertiary alicyclic amines) is 1. The van der Waals surface area contributed by atoms with E-state index in [2.05, 4.69) is 20.3 Å². The number of guanidine groups is 1. The molecule has 172 valence electrons. The minimum absolute atomic E-state index is 0.156. The number of benzene rings is 1. The van der Waals surface area contributed by atoms with Crippen molar-refractivity contribution in [1.82, 2.24) is 20.3 Å². The van der Waals surface area contributed by atoms with Crippen molar-refractivity contribution in [1.29, 1.82) is 0 Å². The molecule has 1 aromatic rings. The maximum absolute atomic E-state index is 12.7. The second kappa shape index (κ2) is 10.9. The second-order valence-corrected chi connectivity index (χ2v) is 10.2. The van der Waals surface area contributed by atoms with E-state index in [0.29, 0.717) is 25.0 Å². The fourth-order valence-electron chi connectivity index (χ4n) is 4.24. The zero-order chi connectivity index (χ0) is 22.3. The normalized spacial score (nSPS) is 20.6. The van der Waals surface area contributed by atoms with Gasteiger partial charge in [0.2, 0.25) is 15.9 Å². The average molecular weight is 450 g/mol. The molecular weight excluding hydrogens is 414 g/mol. The van der Waals surface area contributed by atoms with Gasteiger partial charge in [0.15, 0.2) is 5.96 Å². The minimum atomic E-state index is -3.53. The minimum Gasteiger partial charge on any atom is -0.355 e. The SMILES string of the molecule is CN=C(NCCNS(=O)(=O)c1ccc(C)cc1)NC1CCN(C(=O)C2CCCCC2)C1. The monoisotopic (exact) mass is 449 g/mol. The van der Waals surface area contributed by atoms with Gasteiger partial charge in [0.25, 0.3) is 0 Å². The highest BCUT2D eigenvalue weighted by Crippen LogP contribution is 2.26. The van der Waals surface area contributed by atoms with E-state index in [1.54, 1.807) is 31.3 Å². The van der Waals surface area contributed by atoms with Gasteiger partial charge in [-0.1, -0.05) is 37.0 Å². The van der Waals surface area contributed by atoms with E-state index >= 15 is 0 Å². The van der Waals surface area contributed by atoms with Crippen molar-refractivity contribution in [3.05, 3.63) is 29.8 Å². The fraction of sp³-hybridized carbons (Fsp3) is 0.636. The number of hydrogen-bond donors (Lipinski definition) is 3. The van der Waals surface area contributed by atoms with Crippen molar-refractivity contribution in [3.63, 3.8) is 0 Å². The van der Waals surface area contributed by atoms with E-state index in [9.17, 15) is 13.2 Å². The molecule has 1 amide bonds. The zero-order valence-electron chi connectivity index (χ0n) is 18.6. The van der Waals surface area contributed by atoms with Crippen LogP contribution in [0, 0.1) is 12.8 Å². The number of aryl methyl sites for hydroxylation is 1. The van der Waals surface area contributed by atoms with Crippen LogP contribution in [0.4, 0.5) is 0 Å². The molecule has 0 bridgehead atoms. The predicted molar refractivity (Wildman–Crippen MR) is 122 cm³/mol. The Morgan fingerprint density at radius 3 is 2.48 bits per heavy atom. The van der Waals surface area contributed by atoms with Gasteiger partial charge in [-0.3, -0.25) is 9.79 Å². The first-order valence-electron chi connectivity index (χ1n) is 11.2. The summed E-state index contributed by atoms with van der Waals surface area (Å²) < 4.78 is 27.3. The Labute approximate surface area is 185 Å². The summed E-state index contributed by atoms with van der Waals surface area (Å²) in [5.41, 5.74) is 1.02. The molecule has 2 fully saturated rings. The van der Waals surface area contributed by atoms with Gasteiger partial charge < -0.3 is 15.5 Å². The maximum atomic E-state index is 12.7. The van der Waals surface area contributed by atoms with E-state index in [1.807, 2.05) is 11.8 Å². The van der Waals surface area contributed by atoms with Crippen LogP contribution in [0.25, 0.3) is 0 Å². The number of carbonyl (C=O) groups excluding carboxylic acids is 1. The molecule has 1 aliphatic heterocycles. The molecular formula is C22H35N5O3S. The van der Waals surface area contributed by atoms with Crippen LogP contribution in [0.5, 0.6) is 0 Å². The lowest BCUT2D eigenvalue weighted by Crippen LogP contribution is -2.47. The molecule has 0 radical (unpaired) electrons. The molecule has 2 aliphatic rings. The van der Waals surface area contributed by atoms with Gasteiger partial charge in [-0.25, -0.2) is 13.1 Å². The molecule has 1 unspecified atom stereocenters. The number of amides is 1. The number of sulfonamides is 1. The molecule has 1 saturated carbocycles. The largest absolute Gasteiger partial charge is 0.355 e. The average Bonchev–Trinajstić information content (AvgIpc) is 3.24. The van der Waals surface area contributed by atoms with Crippen LogP contribution >= 0.6 is 0 Å². The third-order valence-electron chi connectivity index (χ3n) is 6.06. The van der Waals surface area contributed by atoms with Crippen LogP contribution in [0.15, 0.2) is 34.2 Å². The lowest BCUT2D eigenvalue weighted by molar-refractivity contribution is -0.135. The van der Waals surface area contributed by atoms with E-state index in [4.69, 9.17) is 0 Å². The van der Waals surface area contributed by atoms with Crippen molar-refractivity contribution in [2.45, 2.75) is 56.4 Å². The summed E-state index contributed by atoms with van der Waals surface area (Å²) in [6.45, 7) is 4.04. The summed E-state index contributed by atoms with van der Waals surface area (Å²) in [5.74, 6) is 1.12. The molecule has 9 heteroatoms. The molecule has 3 rings (SSSR count). The van der Waals surface area contributed by atoms with Gasteiger partial charge in [-0.2, -0.15) is 0 Å². The lowest BCUT2D eigenvalue weighted by atomic mass is 9.88. The molecule has 8 nitrogen and oxygen atoms in total. The predicted octanol–water partition coefficient (Wildman–Crippen LogP) is 1.62. The highest BCUT2D eigenvalue weighted by atomic mass is 32.2. The van der Waals surface area contributed by atoms with E-state index in [1.165, 1.54) is 6.42 Å². The van der Waals surface area contributed by atoms with Gasteiger partial charge in [0.05, 0.1) is 4.90 Å². The third-order valence-corrected chi connectivity index (χ3v) is 7.54. The van der Waals surface area contributed by atoms with E-state index in [-0.39, 0.29) is 23.4 Å². The molecule has 31 heavy (non-hydrogen) atoms. The smallest absolute Gasteiger partial charge is 0.240 e. The summed E-state index contributed by atoms with van der Waals surface area (Å²) in [6.07, 6.45) is 6.51. The van der Waals surface area contributed by atoms with Gasteiger partial charge in [-0.05, 0) is 38.3 Å². The Hall–Kier alpha value is -2.13. The summed E-state index contributed by atoms with van der Waals surface area (Å²) in [4.78, 5) is 19.2. The molecule has 0 aromatic heterocycles. The lowest BCUT2D eigenvalue weighted by Gasteiger charge is -2.26. The van der Waals surface area contributed by atoms with Crippen molar-refractivity contribution < 1.29 is 13.2 Å². The molecule has 0 spiro atoms. The van der Waals surface area contributed by atoms with Crippen molar-refractivity contribution in [2.24, 2.45) is 10.9 Å². The first kappa shape index (κ1) is 23.5. The van der Waals surface area contributed by atoms with Gasteiger partial charge in [0.1, 0.15) is 0 Å². The number of nitrogens with one attached hydrogen (secondary N) is 3. The van der Waals surface area contributed by atoms with Gasteiger partial charge in [0, 0.05) is 45.2 Å². The third kappa shape index (κ3) is 6.67. The fourth-order valence-corrected chi connectivity index (χ4v) is 5.27. The summed E-state index contributed by atoms with van der Waals surface area (Å²) in [6, 6.07) is 6.92. The number of carbonyl (C=O) groups is 1. The number of aliphatic imine (C=N–C) groups is 1. The van der Waals surface area contributed by atoms with Crippen LogP contribution in [0.1, 0.15) is 44.1 Å². The molecule has 1 saturated heterocycles. The standard InChI is InChI=1S/C22H35N5O3S/c1-17-8-10-20(11-9-17)31(29,30)25-14-13-24-22(23-2)26-19-12-15-27(16-19)21(28)18-6-4-3-5-7-18/h8-11,18-19,25H,3-7,12-16H2,1-2H3,(H2,23,24,26). The first-order chi connectivity index (χ1) is 14.9. The molecule has 1 aliphatic carbocycles. The van der Waals surface area contributed by atoms with Crippen molar-refractivity contribution >= 4 is 21.9 Å². The molecule has 1 aromatic carbocycles. The van der Waals surface area contributed by atoms with E-state index < -0.39 is 10.0 Å². The summed E-state index contributed by atoms with van der Waals surface area (Å²) >= 11 is 0. The number of rotatable bonds is 7. The van der Waals surface area contributed by atoms with Crippen LogP contribution < -0.4 is 15.4 Å². The Morgan fingerprint density at radius 1 is 1.10 bits per heavy atom. The zero-order valence-corrected chi connectivity index (χ0v) is 19.4. The van der Waals surface area contributed by atoms with Crippen LogP contribution in [-0.2, 0) is 14.8 Å². The first-order valence-corrected chi connectivity index (χ1v) is 12.7. The van der Waals surface area contributed by atoms with E-state index in [0.717, 1.165) is 44.2 Å². The second-order valence-electron chi connectivity index (χ2n) is 8.46. The number of nitrogens with zero attached hydrogens (tertiary/aromatic N) is 2.